The Morgan fingerprint density at radius 3 is 2.54 bits per heavy atom. The van der Waals surface area contributed by atoms with Gasteiger partial charge in [0.15, 0.2) is 0 Å². The Hall–Kier alpha value is -4.62. The molecule has 0 radical (unpaired) electrons. The van der Waals surface area contributed by atoms with E-state index >= 15 is 0 Å². The van der Waals surface area contributed by atoms with Crippen LogP contribution in [0.5, 0.6) is 11.5 Å². The fraction of sp³-hybridized carbons (Fsp3) is 0.432. The van der Waals surface area contributed by atoms with Gasteiger partial charge in [0.1, 0.15) is 23.7 Å². The van der Waals surface area contributed by atoms with E-state index in [-0.39, 0.29) is 18.6 Å². The second kappa shape index (κ2) is 12.0. The van der Waals surface area contributed by atoms with Crippen LogP contribution in [0.4, 0.5) is 4.79 Å². The molecule has 3 aliphatic heterocycles. The van der Waals surface area contributed by atoms with Crippen LogP contribution in [0.2, 0.25) is 0 Å². The third-order valence-electron chi connectivity index (χ3n) is 8.75. The molecule has 6 rings (SSSR count). The van der Waals surface area contributed by atoms with Gasteiger partial charge in [-0.15, -0.1) is 5.73 Å². The smallest absolute Gasteiger partial charge is 0.410 e. The maximum absolute atomic E-state index is 14.6. The molecule has 0 saturated carbocycles. The quantitative estimate of drug-likeness (QED) is 0.372. The Balaban J connectivity index is 1.42. The van der Waals surface area contributed by atoms with Gasteiger partial charge >= 0.3 is 6.09 Å². The Kier molecular flexibility index (Phi) is 8.15. The van der Waals surface area contributed by atoms with Crippen molar-refractivity contribution < 1.29 is 23.8 Å². The van der Waals surface area contributed by atoms with E-state index in [0.717, 1.165) is 52.2 Å². The number of aryl methyl sites for hydroxylation is 1. The molecule has 2 amide bonds. The molecule has 9 heteroatoms. The number of ether oxygens (including phenoxy) is 3. The number of piperazine rings is 1. The van der Waals surface area contributed by atoms with Gasteiger partial charge in [0, 0.05) is 79.6 Å². The predicted octanol–water partition coefficient (Wildman–Crippen LogP) is 6.29. The lowest BCUT2D eigenvalue weighted by Crippen LogP contribution is -2.62. The number of amides is 2. The van der Waals surface area contributed by atoms with Crippen LogP contribution >= 0.6 is 0 Å². The highest BCUT2D eigenvalue weighted by molar-refractivity contribution is 6.02. The number of benzene rings is 1. The number of fused-ring (bicyclic) bond motifs is 2. The van der Waals surface area contributed by atoms with Crippen molar-refractivity contribution in [2.24, 2.45) is 7.05 Å². The number of nitrogens with zero attached hydrogens (tertiary/aromatic N) is 4. The van der Waals surface area contributed by atoms with Crippen LogP contribution < -0.4 is 9.47 Å². The number of rotatable bonds is 4. The molecule has 2 aromatic rings. The molecule has 1 aliphatic carbocycles. The van der Waals surface area contributed by atoms with Crippen LogP contribution in [0.25, 0.3) is 16.8 Å². The summed E-state index contributed by atoms with van der Waals surface area (Å²) in [5.74, 6) is 1.30. The van der Waals surface area contributed by atoms with E-state index in [2.05, 4.69) is 47.2 Å². The van der Waals surface area contributed by atoms with Gasteiger partial charge in [0.05, 0.1) is 23.9 Å². The highest BCUT2D eigenvalue weighted by atomic mass is 16.6. The largest absolute Gasteiger partial charge is 0.496 e. The van der Waals surface area contributed by atoms with Crippen molar-refractivity contribution >= 4 is 17.7 Å². The molecular weight excluding hydrogens is 580 g/mol. The van der Waals surface area contributed by atoms with Gasteiger partial charge in [-0.25, -0.2) is 4.79 Å². The lowest BCUT2D eigenvalue weighted by Gasteiger charge is -2.47. The molecule has 1 aromatic carbocycles. The second-order valence-corrected chi connectivity index (χ2v) is 13.8. The molecule has 9 nitrogen and oxygen atoms in total. The van der Waals surface area contributed by atoms with E-state index in [4.69, 9.17) is 14.2 Å². The summed E-state index contributed by atoms with van der Waals surface area (Å²) in [7, 11) is 3.67. The van der Waals surface area contributed by atoms with Crippen LogP contribution in [-0.2, 0) is 16.6 Å². The van der Waals surface area contributed by atoms with E-state index in [1.165, 1.54) is 0 Å². The van der Waals surface area contributed by atoms with Crippen LogP contribution in [0.3, 0.4) is 0 Å². The Morgan fingerprint density at radius 2 is 1.89 bits per heavy atom. The molecule has 1 aromatic heterocycles. The fourth-order valence-corrected chi connectivity index (χ4v) is 6.59. The molecule has 1 fully saturated rings. The monoisotopic (exact) mass is 624 g/mol. The average molecular weight is 625 g/mol. The summed E-state index contributed by atoms with van der Waals surface area (Å²) >= 11 is 0. The topological polar surface area (TPSA) is 76.5 Å². The first-order valence-electron chi connectivity index (χ1n) is 16.0. The molecule has 0 spiro atoms. The fourth-order valence-electron chi connectivity index (χ4n) is 6.59. The highest BCUT2D eigenvalue weighted by Crippen LogP contribution is 2.46. The lowest BCUT2D eigenvalue weighted by molar-refractivity contribution is -0.135. The van der Waals surface area contributed by atoms with E-state index in [0.29, 0.717) is 37.5 Å². The van der Waals surface area contributed by atoms with E-state index in [1.807, 2.05) is 69.5 Å². The molecule has 0 bridgehead atoms. The molecule has 4 heterocycles. The van der Waals surface area contributed by atoms with Gasteiger partial charge in [-0.2, -0.15) is 0 Å². The van der Waals surface area contributed by atoms with Crippen molar-refractivity contribution in [3.63, 3.8) is 0 Å². The van der Waals surface area contributed by atoms with Crippen LogP contribution in [0, 0.1) is 0 Å². The highest BCUT2D eigenvalue weighted by Gasteiger charge is 2.42. The first-order chi connectivity index (χ1) is 21.9. The predicted molar refractivity (Wildman–Crippen MR) is 178 cm³/mol. The van der Waals surface area contributed by atoms with Crippen molar-refractivity contribution in [3.8, 4) is 22.6 Å². The van der Waals surface area contributed by atoms with Crippen LogP contribution in [0.15, 0.2) is 77.5 Å². The zero-order valence-electron chi connectivity index (χ0n) is 28.0. The van der Waals surface area contributed by atoms with Gasteiger partial charge < -0.3 is 33.5 Å². The number of carbonyl (C=O) groups excluding carboxylic acids is 2. The normalized spacial score (nSPS) is 19.1. The number of carbonyl (C=O) groups is 2. The number of hydrogen-bond acceptors (Lipinski definition) is 6. The maximum atomic E-state index is 14.6. The minimum Gasteiger partial charge on any atom is -0.496 e. The minimum atomic E-state index is -0.635. The molecule has 242 valence electrons. The summed E-state index contributed by atoms with van der Waals surface area (Å²) in [6, 6.07) is 6.14. The van der Waals surface area contributed by atoms with Gasteiger partial charge in [-0.05, 0) is 71.7 Å². The number of hydrogen-bond donors (Lipinski definition) is 0. The van der Waals surface area contributed by atoms with Crippen molar-refractivity contribution in [3.05, 3.63) is 83.0 Å². The number of methoxy groups -OCH3 is 1. The molecule has 4 aliphatic rings. The Morgan fingerprint density at radius 1 is 1.09 bits per heavy atom. The SMILES string of the molecule is COc1cc2c(cc1-c1ccn(C)c1)C1=C(CO2)C(C(=O)N2CCN(C(=O)OC(C)(C)C)CC2(C)C)=C=CCN1C1=CCCC=C1. The molecule has 0 N–H and O–H groups in total. The molecule has 0 unspecified atom stereocenters. The summed E-state index contributed by atoms with van der Waals surface area (Å²) in [5, 5.41) is 0. The first kappa shape index (κ1) is 31.4. The van der Waals surface area contributed by atoms with E-state index in [1.54, 1.807) is 12.0 Å². The van der Waals surface area contributed by atoms with Crippen LogP contribution in [-0.4, -0.2) is 82.3 Å². The maximum Gasteiger partial charge on any atom is 0.410 e. The Bertz CT molecular complexity index is 1730. The zero-order chi connectivity index (χ0) is 32.8. The first-order valence-corrected chi connectivity index (χ1v) is 16.0. The van der Waals surface area contributed by atoms with Crippen LogP contribution in [0.1, 0.15) is 53.0 Å². The summed E-state index contributed by atoms with van der Waals surface area (Å²) in [6.45, 7) is 11.4. The average Bonchev–Trinajstić information content (AvgIpc) is 3.34. The number of allylic oxidation sites excluding steroid dienone is 3. The van der Waals surface area contributed by atoms with Gasteiger partial charge in [0.25, 0.3) is 5.91 Å². The number of aromatic nitrogens is 1. The summed E-state index contributed by atoms with van der Waals surface area (Å²) in [5.41, 5.74) is 8.34. The molecule has 46 heavy (non-hydrogen) atoms. The second-order valence-electron chi connectivity index (χ2n) is 13.8. The van der Waals surface area contributed by atoms with Crippen molar-refractivity contribution in [2.45, 2.75) is 58.6 Å². The summed E-state index contributed by atoms with van der Waals surface area (Å²) in [6.07, 6.45) is 14.2. The lowest BCUT2D eigenvalue weighted by atomic mass is 9.91. The van der Waals surface area contributed by atoms with Gasteiger partial charge in [-0.3, -0.25) is 4.79 Å². The third-order valence-corrected chi connectivity index (χ3v) is 8.75. The Labute approximate surface area is 271 Å². The summed E-state index contributed by atoms with van der Waals surface area (Å²) in [4.78, 5) is 33.3. The molecule has 1 saturated heterocycles. The van der Waals surface area contributed by atoms with Gasteiger partial charge in [0.2, 0.25) is 0 Å². The van der Waals surface area contributed by atoms with Gasteiger partial charge in [-0.1, -0.05) is 12.2 Å². The summed E-state index contributed by atoms with van der Waals surface area (Å²) < 4.78 is 19.9. The van der Waals surface area contributed by atoms with Crippen molar-refractivity contribution in [2.75, 3.05) is 39.9 Å². The molecule has 0 atom stereocenters. The zero-order valence-corrected chi connectivity index (χ0v) is 28.0. The molecular formula is C37H44N4O5. The van der Waals surface area contributed by atoms with E-state index < -0.39 is 11.1 Å². The third kappa shape index (κ3) is 5.99. The van der Waals surface area contributed by atoms with E-state index in [9.17, 15) is 9.59 Å². The standard InChI is InChI=1S/C37H44N4O5/c1-36(2,3)46-35(43)39-18-19-41(37(4,5)24-39)34(42)27-14-11-16-40(26-12-9-8-10-13-26)33-29-20-28(25-15-17-38(6)22-25)31(44-7)21-32(29)45-23-30(27)33/h9,11-13,15,17,20-22H,8,10,16,18-19,23-24H2,1-7H3. The minimum absolute atomic E-state index is 0.128. The van der Waals surface area contributed by atoms with Crippen molar-refractivity contribution in [1.82, 2.24) is 19.3 Å². The van der Waals surface area contributed by atoms with Crippen molar-refractivity contribution in [1.29, 1.82) is 0 Å².